The van der Waals surface area contributed by atoms with Crippen molar-refractivity contribution in [1.29, 1.82) is 0 Å². The van der Waals surface area contributed by atoms with Gasteiger partial charge in [-0.3, -0.25) is 4.68 Å². The Labute approximate surface area is 128 Å². The van der Waals surface area contributed by atoms with Gasteiger partial charge in [0.2, 0.25) is 0 Å². The monoisotopic (exact) mass is 308 g/mol. The van der Waals surface area contributed by atoms with Gasteiger partial charge in [-0.05, 0) is 37.6 Å². The summed E-state index contributed by atoms with van der Waals surface area (Å²) in [6, 6.07) is 6.28. The van der Waals surface area contributed by atoms with Crippen LogP contribution in [0, 0.1) is 0 Å². The minimum Gasteiger partial charge on any atom is -0.487 e. The van der Waals surface area contributed by atoms with Gasteiger partial charge in [-0.25, -0.2) is 4.79 Å². The second-order valence-electron chi connectivity index (χ2n) is 4.49. The highest BCUT2D eigenvalue weighted by Gasteiger charge is 2.14. The van der Waals surface area contributed by atoms with Crippen LogP contribution in [0.15, 0.2) is 24.3 Å². The second-order valence-corrected chi connectivity index (χ2v) is 4.87. The lowest BCUT2D eigenvalue weighted by molar-refractivity contribution is 0.0697. The number of carboxylic acids is 1. The number of hydrogen-bond donors (Lipinski definition) is 1. The second kappa shape index (κ2) is 6.63. The Morgan fingerprint density at radius 3 is 2.52 bits per heavy atom. The lowest BCUT2D eigenvalue weighted by Crippen LogP contribution is -2.06. The molecular weight excluding hydrogens is 292 g/mol. The predicted molar refractivity (Wildman–Crippen MR) is 80.0 cm³/mol. The van der Waals surface area contributed by atoms with Gasteiger partial charge in [0.1, 0.15) is 12.4 Å². The molecule has 1 N–H and O–H groups in total. The molecule has 5 nitrogen and oxygen atoms in total. The number of benzene rings is 1. The van der Waals surface area contributed by atoms with Crippen molar-refractivity contribution in [3.05, 3.63) is 46.2 Å². The van der Waals surface area contributed by atoms with Crippen molar-refractivity contribution in [3.8, 4) is 5.75 Å². The van der Waals surface area contributed by atoms with Crippen LogP contribution in [0.25, 0.3) is 0 Å². The Morgan fingerprint density at radius 2 is 2.00 bits per heavy atom. The molecule has 2 aromatic rings. The number of ether oxygens (including phenoxy) is 1. The van der Waals surface area contributed by atoms with Crippen molar-refractivity contribution in [2.24, 2.45) is 0 Å². The van der Waals surface area contributed by atoms with E-state index in [1.54, 1.807) is 12.1 Å². The predicted octanol–water partition coefficient (Wildman–Crippen LogP) is 3.40. The van der Waals surface area contributed by atoms with Crippen LogP contribution in [-0.2, 0) is 19.6 Å². The summed E-state index contributed by atoms with van der Waals surface area (Å²) in [4.78, 5) is 10.8. The van der Waals surface area contributed by atoms with Crippen molar-refractivity contribution in [2.75, 3.05) is 0 Å². The summed E-state index contributed by atoms with van der Waals surface area (Å²) < 4.78 is 7.50. The average Bonchev–Trinajstić information content (AvgIpc) is 2.81. The van der Waals surface area contributed by atoms with Gasteiger partial charge in [0.25, 0.3) is 0 Å². The molecule has 0 atom stereocenters. The first-order chi connectivity index (χ1) is 10.1. The molecule has 0 unspecified atom stereocenters. The molecule has 0 radical (unpaired) electrons. The summed E-state index contributed by atoms with van der Waals surface area (Å²) in [6.07, 6.45) is 0.770. The number of hydrogen-bond acceptors (Lipinski definition) is 3. The van der Waals surface area contributed by atoms with E-state index in [9.17, 15) is 4.79 Å². The summed E-state index contributed by atoms with van der Waals surface area (Å²) in [5.41, 5.74) is 1.92. The first-order valence-corrected chi connectivity index (χ1v) is 7.14. The maximum Gasteiger partial charge on any atom is 0.335 e. The zero-order chi connectivity index (χ0) is 15.4. The van der Waals surface area contributed by atoms with Crippen molar-refractivity contribution in [3.63, 3.8) is 0 Å². The van der Waals surface area contributed by atoms with Gasteiger partial charge in [-0.2, -0.15) is 5.10 Å². The fourth-order valence-corrected chi connectivity index (χ4v) is 2.32. The fourth-order valence-electron chi connectivity index (χ4n) is 2.00. The molecule has 6 heteroatoms. The molecular formula is C15H17ClN2O3. The van der Waals surface area contributed by atoms with Gasteiger partial charge in [0.05, 0.1) is 22.0 Å². The van der Waals surface area contributed by atoms with Crippen LogP contribution < -0.4 is 4.74 Å². The van der Waals surface area contributed by atoms with Crippen molar-refractivity contribution < 1.29 is 14.6 Å². The fraction of sp³-hybridized carbons (Fsp3) is 0.333. The van der Waals surface area contributed by atoms with Crippen LogP contribution in [0.3, 0.4) is 0 Å². The Kier molecular flexibility index (Phi) is 4.85. The number of halogens is 1. The first kappa shape index (κ1) is 15.4. The lowest BCUT2D eigenvalue weighted by Gasteiger charge is -2.08. The normalized spacial score (nSPS) is 10.6. The third-order valence-electron chi connectivity index (χ3n) is 3.17. The molecule has 0 aliphatic carbocycles. The van der Waals surface area contributed by atoms with E-state index in [0.29, 0.717) is 17.4 Å². The molecule has 0 spiro atoms. The summed E-state index contributed by atoms with van der Waals surface area (Å²) in [5, 5.41) is 13.9. The molecule has 0 amide bonds. The molecule has 1 aromatic carbocycles. The summed E-state index contributed by atoms with van der Waals surface area (Å²) in [7, 11) is 0. The molecule has 0 aliphatic heterocycles. The van der Waals surface area contributed by atoms with E-state index in [0.717, 1.165) is 24.4 Å². The average molecular weight is 309 g/mol. The molecule has 1 aromatic heterocycles. The van der Waals surface area contributed by atoms with Crippen LogP contribution in [0.2, 0.25) is 5.02 Å². The topological polar surface area (TPSA) is 64.4 Å². The third-order valence-corrected chi connectivity index (χ3v) is 3.61. The molecule has 2 rings (SSSR count). The maximum atomic E-state index is 10.8. The summed E-state index contributed by atoms with van der Waals surface area (Å²) in [5.74, 6) is -0.362. The minimum atomic E-state index is -0.957. The van der Waals surface area contributed by atoms with Gasteiger partial charge in [-0.15, -0.1) is 0 Å². The Morgan fingerprint density at radius 1 is 1.33 bits per heavy atom. The molecule has 112 valence electrons. The largest absolute Gasteiger partial charge is 0.487 e. The van der Waals surface area contributed by atoms with Crippen LogP contribution in [0.4, 0.5) is 0 Å². The first-order valence-electron chi connectivity index (χ1n) is 6.77. The number of rotatable bonds is 6. The Balaban J connectivity index is 2.12. The molecule has 1 heterocycles. The van der Waals surface area contributed by atoms with Crippen LogP contribution >= 0.6 is 11.6 Å². The van der Waals surface area contributed by atoms with E-state index in [1.165, 1.54) is 12.1 Å². The van der Waals surface area contributed by atoms with Gasteiger partial charge in [0, 0.05) is 6.54 Å². The number of carbonyl (C=O) groups is 1. The standard InChI is InChI=1S/C15H17ClN2O3/c1-3-12-14(16)13(18(4-2)17-12)9-21-11-7-5-10(6-8-11)15(19)20/h5-8H,3-4,9H2,1-2H3,(H,19,20). The lowest BCUT2D eigenvalue weighted by atomic mass is 10.2. The maximum absolute atomic E-state index is 10.8. The van der Waals surface area contributed by atoms with E-state index in [-0.39, 0.29) is 5.56 Å². The molecule has 0 saturated carbocycles. The third kappa shape index (κ3) is 3.36. The highest BCUT2D eigenvalue weighted by molar-refractivity contribution is 6.31. The zero-order valence-electron chi connectivity index (χ0n) is 12.0. The van der Waals surface area contributed by atoms with Gasteiger partial charge in [0.15, 0.2) is 0 Å². The Hall–Kier alpha value is -2.01. The SMILES string of the molecule is CCc1nn(CC)c(COc2ccc(C(=O)O)cc2)c1Cl. The zero-order valence-corrected chi connectivity index (χ0v) is 12.7. The highest BCUT2D eigenvalue weighted by atomic mass is 35.5. The highest BCUT2D eigenvalue weighted by Crippen LogP contribution is 2.23. The smallest absolute Gasteiger partial charge is 0.335 e. The van der Waals surface area contributed by atoms with Crippen LogP contribution in [0.1, 0.15) is 35.6 Å². The van der Waals surface area contributed by atoms with Gasteiger partial charge in [-0.1, -0.05) is 18.5 Å². The summed E-state index contributed by atoms with van der Waals surface area (Å²) in [6.45, 7) is 5.01. The number of aromatic carboxylic acids is 1. The number of nitrogens with zero attached hydrogens (tertiary/aromatic N) is 2. The molecule has 0 bridgehead atoms. The van der Waals surface area contributed by atoms with Gasteiger partial charge < -0.3 is 9.84 Å². The van der Waals surface area contributed by atoms with E-state index < -0.39 is 5.97 Å². The van der Waals surface area contributed by atoms with E-state index in [2.05, 4.69) is 5.10 Å². The number of aromatic nitrogens is 2. The summed E-state index contributed by atoms with van der Waals surface area (Å²) >= 11 is 6.30. The number of aryl methyl sites for hydroxylation is 2. The molecule has 0 fully saturated rings. The van der Waals surface area contributed by atoms with E-state index >= 15 is 0 Å². The molecule has 21 heavy (non-hydrogen) atoms. The quantitative estimate of drug-likeness (QED) is 0.888. The van der Waals surface area contributed by atoms with Crippen LogP contribution in [-0.4, -0.2) is 20.9 Å². The van der Waals surface area contributed by atoms with Crippen molar-refractivity contribution in [1.82, 2.24) is 9.78 Å². The minimum absolute atomic E-state index is 0.229. The van der Waals surface area contributed by atoms with Crippen molar-refractivity contribution >= 4 is 17.6 Å². The number of carboxylic acid groups (broad SMARTS) is 1. The van der Waals surface area contributed by atoms with Crippen molar-refractivity contribution in [2.45, 2.75) is 33.4 Å². The van der Waals surface area contributed by atoms with E-state index in [4.69, 9.17) is 21.4 Å². The van der Waals surface area contributed by atoms with Gasteiger partial charge >= 0.3 is 5.97 Å². The van der Waals surface area contributed by atoms with E-state index in [1.807, 2.05) is 18.5 Å². The molecule has 0 saturated heterocycles. The molecule has 0 aliphatic rings. The Bertz CT molecular complexity index is 635. The van der Waals surface area contributed by atoms with Crippen LogP contribution in [0.5, 0.6) is 5.75 Å².